The van der Waals surface area contributed by atoms with Gasteiger partial charge in [-0.25, -0.2) is 9.78 Å². The fourth-order valence-electron chi connectivity index (χ4n) is 1.37. The second kappa shape index (κ2) is 6.53. The number of thiazole rings is 1. The molecule has 4 N–H and O–H groups in total. The average molecular weight is 315 g/mol. The van der Waals surface area contributed by atoms with E-state index >= 15 is 0 Å². The van der Waals surface area contributed by atoms with Crippen molar-refractivity contribution in [3.05, 3.63) is 11.1 Å². The number of esters is 1. The van der Waals surface area contributed by atoms with Gasteiger partial charge in [-0.3, -0.25) is 9.59 Å². The summed E-state index contributed by atoms with van der Waals surface area (Å²) in [5.74, 6) is -2.76. The van der Waals surface area contributed by atoms with Crippen LogP contribution in [-0.4, -0.2) is 39.6 Å². The number of hydrogen-bond acceptors (Lipinski definition) is 7. The van der Waals surface area contributed by atoms with Gasteiger partial charge in [0.25, 0.3) is 5.91 Å². The lowest BCUT2D eigenvalue weighted by Gasteiger charge is -2.21. The van der Waals surface area contributed by atoms with Gasteiger partial charge in [0.15, 0.2) is 5.13 Å². The molecule has 0 saturated carbocycles. The Kier molecular flexibility index (Phi) is 5.25. The van der Waals surface area contributed by atoms with Gasteiger partial charge >= 0.3 is 11.9 Å². The van der Waals surface area contributed by atoms with Crippen LogP contribution in [0, 0.1) is 0 Å². The first-order valence-corrected chi connectivity index (χ1v) is 6.93. The molecule has 0 aliphatic carbocycles. The molecule has 116 valence electrons. The summed E-state index contributed by atoms with van der Waals surface area (Å²) in [6.45, 7) is 4.99. The van der Waals surface area contributed by atoms with Crippen LogP contribution in [0.2, 0.25) is 0 Å². The van der Waals surface area contributed by atoms with Crippen LogP contribution in [0.25, 0.3) is 0 Å². The number of carbonyl (C=O) groups is 3. The summed E-state index contributed by atoms with van der Waals surface area (Å²) in [4.78, 5) is 38.3. The second-order valence-electron chi connectivity index (χ2n) is 5.23. The molecule has 0 unspecified atom stereocenters. The van der Waals surface area contributed by atoms with E-state index < -0.39 is 35.9 Å². The summed E-state index contributed by atoms with van der Waals surface area (Å²) in [6.07, 6.45) is -0.474. The number of amides is 1. The van der Waals surface area contributed by atoms with E-state index in [1.807, 2.05) is 0 Å². The van der Waals surface area contributed by atoms with Gasteiger partial charge in [-0.2, -0.15) is 0 Å². The van der Waals surface area contributed by atoms with Crippen molar-refractivity contribution in [2.75, 3.05) is 5.73 Å². The number of nitrogens with one attached hydrogen (secondary N) is 1. The molecule has 0 spiro atoms. The van der Waals surface area contributed by atoms with Crippen molar-refractivity contribution in [2.45, 2.75) is 38.8 Å². The SMILES string of the molecule is CC(C)(C)OC(=O)C[C@H](NC(=O)c1csc(N)n1)C(=O)O. The predicted octanol–water partition coefficient (Wildman–Crippen LogP) is 0.640. The van der Waals surface area contributed by atoms with Crippen molar-refractivity contribution in [3.63, 3.8) is 0 Å². The molecule has 0 fully saturated rings. The molecular formula is C12H17N3O5S. The minimum absolute atomic E-state index is 0.00735. The van der Waals surface area contributed by atoms with Gasteiger partial charge in [-0.15, -0.1) is 11.3 Å². The van der Waals surface area contributed by atoms with Crippen molar-refractivity contribution >= 4 is 34.3 Å². The molecule has 0 aliphatic rings. The van der Waals surface area contributed by atoms with Crippen molar-refractivity contribution in [2.24, 2.45) is 0 Å². The summed E-state index contributed by atoms with van der Waals surface area (Å²) in [7, 11) is 0. The predicted molar refractivity (Wildman–Crippen MR) is 75.9 cm³/mol. The molecule has 1 atom stereocenters. The topological polar surface area (TPSA) is 132 Å². The van der Waals surface area contributed by atoms with E-state index in [0.717, 1.165) is 11.3 Å². The molecular weight excluding hydrogens is 298 g/mol. The Morgan fingerprint density at radius 1 is 1.48 bits per heavy atom. The van der Waals surface area contributed by atoms with E-state index in [0.29, 0.717) is 0 Å². The zero-order valence-corrected chi connectivity index (χ0v) is 12.7. The average Bonchev–Trinajstić information content (AvgIpc) is 2.72. The number of aliphatic carboxylic acids is 1. The van der Waals surface area contributed by atoms with Crippen molar-refractivity contribution in [3.8, 4) is 0 Å². The number of nitrogen functional groups attached to an aromatic ring is 1. The zero-order chi connectivity index (χ0) is 16.2. The maximum absolute atomic E-state index is 11.8. The van der Waals surface area contributed by atoms with Gasteiger partial charge in [0.2, 0.25) is 0 Å². The van der Waals surface area contributed by atoms with Gasteiger partial charge in [-0.05, 0) is 20.8 Å². The summed E-state index contributed by atoms with van der Waals surface area (Å²) >= 11 is 1.06. The highest BCUT2D eigenvalue weighted by Gasteiger charge is 2.27. The summed E-state index contributed by atoms with van der Waals surface area (Å²) in [6, 6.07) is -1.39. The van der Waals surface area contributed by atoms with Crippen molar-refractivity contribution < 1.29 is 24.2 Å². The van der Waals surface area contributed by atoms with Crippen LogP contribution in [0.4, 0.5) is 5.13 Å². The molecule has 0 bridgehead atoms. The maximum atomic E-state index is 11.8. The molecule has 1 aromatic rings. The molecule has 1 heterocycles. The highest BCUT2D eigenvalue weighted by Crippen LogP contribution is 2.12. The fourth-order valence-corrected chi connectivity index (χ4v) is 1.92. The first-order chi connectivity index (χ1) is 9.58. The summed E-state index contributed by atoms with van der Waals surface area (Å²) in [5, 5.41) is 12.9. The first kappa shape index (κ1) is 16.9. The normalized spacial score (nSPS) is 12.5. The molecule has 0 radical (unpaired) electrons. The lowest BCUT2D eigenvalue weighted by Crippen LogP contribution is -2.43. The van der Waals surface area contributed by atoms with Crippen molar-refractivity contribution in [1.82, 2.24) is 10.3 Å². The third kappa shape index (κ3) is 5.78. The number of ether oxygens (including phenoxy) is 1. The molecule has 1 aromatic heterocycles. The monoisotopic (exact) mass is 315 g/mol. The van der Waals surface area contributed by atoms with E-state index in [1.54, 1.807) is 20.8 Å². The van der Waals surface area contributed by atoms with E-state index in [2.05, 4.69) is 10.3 Å². The van der Waals surface area contributed by atoms with Crippen LogP contribution >= 0.6 is 11.3 Å². The second-order valence-corrected chi connectivity index (χ2v) is 6.12. The lowest BCUT2D eigenvalue weighted by molar-refractivity contribution is -0.158. The zero-order valence-electron chi connectivity index (χ0n) is 11.9. The van der Waals surface area contributed by atoms with Crippen LogP contribution < -0.4 is 11.1 Å². The van der Waals surface area contributed by atoms with Crippen LogP contribution in [-0.2, 0) is 14.3 Å². The number of hydrogen-bond donors (Lipinski definition) is 3. The molecule has 1 rings (SSSR count). The summed E-state index contributed by atoms with van der Waals surface area (Å²) < 4.78 is 5.02. The smallest absolute Gasteiger partial charge is 0.326 e. The number of rotatable bonds is 5. The van der Waals surface area contributed by atoms with Gasteiger partial charge in [-0.1, -0.05) is 0 Å². The van der Waals surface area contributed by atoms with Crippen LogP contribution in [0.5, 0.6) is 0 Å². The van der Waals surface area contributed by atoms with E-state index in [4.69, 9.17) is 15.6 Å². The molecule has 0 saturated heterocycles. The van der Waals surface area contributed by atoms with Gasteiger partial charge in [0.1, 0.15) is 17.3 Å². The molecule has 8 nitrogen and oxygen atoms in total. The quantitative estimate of drug-likeness (QED) is 0.679. The van der Waals surface area contributed by atoms with Gasteiger partial charge in [0, 0.05) is 5.38 Å². The summed E-state index contributed by atoms with van der Waals surface area (Å²) in [5.41, 5.74) is 4.67. The Labute approximate surface area is 125 Å². The Hall–Kier alpha value is -2.16. The number of anilines is 1. The van der Waals surface area contributed by atoms with Crippen molar-refractivity contribution in [1.29, 1.82) is 0 Å². The van der Waals surface area contributed by atoms with E-state index in [-0.39, 0.29) is 10.8 Å². The fraction of sp³-hybridized carbons (Fsp3) is 0.500. The lowest BCUT2D eigenvalue weighted by atomic mass is 10.1. The molecule has 9 heteroatoms. The van der Waals surface area contributed by atoms with Crippen LogP contribution in [0.15, 0.2) is 5.38 Å². The Balaban J connectivity index is 2.68. The van der Waals surface area contributed by atoms with E-state index in [1.165, 1.54) is 5.38 Å². The molecule has 21 heavy (non-hydrogen) atoms. The minimum Gasteiger partial charge on any atom is -0.480 e. The number of nitrogens with two attached hydrogens (primary N) is 1. The highest BCUT2D eigenvalue weighted by molar-refractivity contribution is 7.13. The molecule has 1 amide bonds. The molecule has 0 aromatic carbocycles. The maximum Gasteiger partial charge on any atom is 0.326 e. The number of nitrogens with zero attached hydrogens (tertiary/aromatic N) is 1. The number of aromatic nitrogens is 1. The first-order valence-electron chi connectivity index (χ1n) is 6.05. The van der Waals surface area contributed by atoms with Gasteiger partial charge in [0.05, 0.1) is 6.42 Å². The Bertz CT molecular complexity index is 549. The highest BCUT2D eigenvalue weighted by atomic mass is 32.1. The standard InChI is InChI=1S/C12H17N3O5S/c1-12(2,3)20-8(16)4-6(10(18)19)14-9(17)7-5-21-11(13)15-7/h5-6H,4H2,1-3H3,(H2,13,15)(H,14,17)(H,18,19)/t6-/m0/s1. The Morgan fingerprint density at radius 2 is 2.10 bits per heavy atom. The number of carboxylic acids is 1. The van der Waals surface area contributed by atoms with Gasteiger partial charge < -0.3 is 20.9 Å². The minimum atomic E-state index is -1.39. The van der Waals surface area contributed by atoms with Crippen LogP contribution in [0.1, 0.15) is 37.7 Å². The molecule has 0 aliphatic heterocycles. The Morgan fingerprint density at radius 3 is 2.52 bits per heavy atom. The third-order valence-corrected chi connectivity index (χ3v) is 2.82. The number of carboxylic acid groups (broad SMARTS) is 1. The largest absolute Gasteiger partial charge is 0.480 e. The third-order valence-electron chi connectivity index (χ3n) is 2.15. The number of carbonyl (C=O) groups excluding carboxylic acids is 2. The van der Waals surface area contributed by atoms with E-state index in [9.17, 15) is 14.4 Å². The van der Waals surface area contributed by atoms with Crippen LogP contribution in [0.3, 0.4) is 0 Å².